The van der Waals surface area contributed by atoms with E-state index in [2.05, 4.69) is 5.32 Å². The molecule has 0 aliphatic heterocycles. The van der Waals surface area contributed by atoms with Crippen LogP contribution in [0, 0.1) is 0 Å². The summed E-state index contributed by atoms with van der Waals surface area (Å²) in [4.78, 5) is 34.0. The third-order valence-electron chi connectivity index (χ3n) is 2.59. The standard InChI is InChI=1S/C15H19NO6/c1-11(17)12-4-3-5-13(8-12)21-10-15(19)22-9-14(18)16-6-7-20-2/h3-5,8H,6-7,9-10H2,1-2H3,(H,16,18). The lowest BCUT2D eigenvalue weighted by Gasteiger charge is -2.08. The Bertz CT molecular complexity index is 529. The normalized spacial score (nSPS) is 9.91. The highest BCUT2D eigenvalue weighted by atomic mass is 16.6. The Kier molecular flexibility index (Phi) is 7.63. The van der Waals surface area contributed by atoms with Gasteiger partial charge in [-0.15, -0.1) is 0 Å². The van der Waals surface area contributed by atoms with Crippen LogP contribution in [0.5, 0.6) is 5.75 Å². The van der Waals surface area contributed by atoms with Gasteiger partial charge in [0, 0.05) is 19.2 Å². The van der Waals surface area contributed by atoms with Gasteiger partial charge in [0.05, 0.1) is 6.61 Å². The van der Waals surface area contributed by atoms with E-state index in [0.29, 0.717) is 24.5 Å². The quantitative estimate of drug-likeness (QED) is 0.407. The SMILES string of the molecule is COCCNC(=O)COC(=O)COc1cccc(C(C)=O)c1. The lowest BCUT2D eigenvalue weighted by atomic mass is 10.1. The van der Waals surface area contributed by atoms with E-state index in [1.807, 2.05) is 0 Å². The molecule has 1 aromatic carbocycles. The van der Waals surface area contributed by atoms with Gasteiger partial charge in [0.25, 0.3) is 5.91 Å². The zero-order chi connectivity index (χ0) is 16.4. The van der Waals surface area contributed by atoms with Crippen molar-refractivity contribution in [3.63, 3.8) is 0 Å². The van der Waals surface area contributed by atoms with E-state index in [0.717, 1.165) is 0 Å². The minimum absolute atomic E-state index is 0.0965. The Morgan fingerprint density at radius 2 is 1.95 bits per heavy atom. The molecule has 1 rings (SSSR count). The molecule has 0 unspecified atom stereocenters. The summed E-state index contributed by atoms with van der Waals surface area (Å²) in [7, 11) is 1.52. The molecule has 0 spiro atoms. The molecule has 0 aliphatic rings. The molecule has 120 valence electrons. The number of benzene rings is 1. The van der Waals surface area contributed by atoms with Crippen molar-refractivity contribution in [2.45, 2.75) is 6.92 Å². The monoisotopic (exact) mass is 309 g/mol. The predicted octanol–water partition coefficient (Wildman–Crippen LogP) is 0.574. The van der Waals surface area contributed by atoms with Gasteiger partial charge in [0.2, 0.25) is 0 Å². The van der Waals surface area contributed by atoms with E-state index in [4.69, 9.17) is 14.2 Å². The van der Waals surface area contributed by atoms with Crippen LogP contribution < -0.4 is 10.1 Å². The number of ketones is 1. The summed E-state index contributed by atoms with van der Waals surface area (Å²) < 4.78 is 14.7. The first kappa shape index (κ1) is 17.6. The predicted molar refractivity (Wildman–Crippen MR) is 77.8 cm³/mol. The number of esters is 1. The summed E-state index contributed by atoms with van der Waals surface area (Å²) in [6, 6.07) is 6.46. The van der Waals surface area contributed by atoms with Crippen molar-refractivity contribution in [1.82, 2.24) is 5.32 Å². The summed E-state index contributed by atoms with van der Waals surface area (Å²) in [6.07, 6.45) is 0. The van der Waals surface area contributed by atoms with Crippen molar-refractivity contribution in [2.75, 3.05) is 33.5 Å². The van der Waals surface area contributed by atoms with E-state index in [-0.39, 0.29) is 19.0 Å². The number of ether oxygens (including phenoxy) is 3. The molecule has 0 saturated heterocycles. The average molecular weight is 309 g/mol. The fraction of sp³-hybridized carbons (Fsp3) is 0.400. The van der Waals surface area contributed by atoms with Crippen molar-refractivity contribution in [2.24, 2.45) is 0 Å². The number of Topliss-reactive ketones (excluding diaryl/α,β-unsaturated/α-hetero) is 1. The molecule has 0 aliphatic carbocycles. The van der Waals surface area contributed by atoms with Gasteiger partial charge in [-0.25, -0.2) is 4.79 Å². The van der Waals surface area contributed by atoms with Crippen LogP contribution in [0.15, 0.2) is 24.3 Å². The van der Waals surface area contributed by atoms with Crippen LogP contribution in [0.3, 0.4) is 0 Å². The molecule has 0 radical (unpaired) electrons. The number of nitrogens with one attached hydrogen (secondary N) is 1. The van der Waals surface area contributed by atoms with Crippen molar-refractivity contribution in [1.29, 1.82) is 0 Å². The van der Waals surface area contributed by atoms with Crippen LogP contribution in [0.2, 0.25) is 0 Å². The second-order valence-electron chi connectivity index (χ2n) is 4.38. The summed E-state index contributed by atoms with van der Waals surface area (Å²) in [5, 5.41) is 2.51. The van der Waals surface area contributed by atoms with Crippen molar-refractivity contribution in [3.8, 4) is 5.75 Å². The zero-order valence-electron chi connectivity index (χ0n) is 12.6. The van der Waals surface area contributed by atoms with Crippen LogP contribution in [0.4, 0.5) is 0 Å². The summed E-state index contributed by atoms with van der Waals surface area (Å²) in [5.74, 6) is -0.797. The molecule has 22 heavy (non-hydrogen) atoms. The molecule has 0 aromatic heterocycles. The Morgan fingerprint density at radius 3 is 2.64 bits per heavy atom. The smallest absolute Gasteiger partial charge is 0.344 e. The molecule has 0 atom stereocenters. The first-order valence-electron chi connectivity index (χ1n) is 6.68. The van der Waals surface area contributed by atoms with Gasteiger partial charge in [-0.2, -0.15) is 0 Å². The van der Waals surface area contributed by atoms with Gasteiger partial charge in [-0.1, -0.05) is 12.1 Å². The molecule has 1 amide bonds. The molecule has 0 saturated carbocycles. The minimum atomic E-state index is -0.671. The van der Waals surface area contributed by atoms with Crippen LogP contribution >= 0.6 is 0 Å². The minimum Gasteiger partial charge on any atom is -0.482 e. The zero-order valence-corrected chi connectivity index (χ0v) is 12.6. The molecule has 7 heteroatoms. The average Bonchev–Trinajstić information content (AvgIpc) is 2.51. The first-order valence-corrected chi connectivity index (χ1v) is 6.68. The lowest BCUT2D eigenvalue weighted by molar-refractivity contribution is -0.150. The van der Waals surface area contributed by atoms with Gasteiger partial charge >= 0.3 is 5.97 Å². The number of amides is 1. The lowest BCUT2D eigenvalue weighted by Crippen LogP contribution is -2.32. The number of carbonyl (C=O) groups is 3. The van der Waals surface area contributed by atoms with E-state index >= 15 is 0 Å². The second-order valence-corrected chi connectivity index (χ2v) is 4.38. The van der Waals surface area contributed by atoms with E-state index in [9.17, 15) is 14.4 Å². The molecule has 1 N–H and O–H groups in total. The van der Waals surface area contributed by atoms with Gasteiger partial charge in [-0.05, 0) is 19.1 Å². The fourth-order valence-corrected chi connectivity index (χ4v) is 1.48. The Balaban J connectivity index is 2.30. The number of rotatable bonds is 9. The second kappa shape index (κ2) is 9.51. The number of hydrogen-bond acceptors (Lipinski definition) is 6. The molecule has 7 nitrogen and oxygen atoms in total. The van der Waals surface area contributed by atoms with Crippen molar-refractivity contribution < 1.29 is 28.6 Å². The topological polar surface area (TPSA) is 90.9 Å². The molecule has 0 fully saturated rings. The first-order chi connectivity index (χ1) is 10.5. The highest BCUT2D eigenvalue weighted by Gasteiger charge is 2.09. The summed E-state index contributed by atoms with van der Waals surface area (Å²) in [6.45, 7) is 1.46. The van der Waals surface area contributed by atoms with Crippen LogP contribution in [-0.4, -0.2) is 51.1 Å². The van der Waals surface area contributed by atoms with E-state index < -0.39 is 11.9 Å². The van der Waals surface area contributed by atoms with Gasteiger partial charge in [-0.3, -0.25) is 9.59 Å². The maximum Gasteiger partial charge on any atom is 0.344 e. The van der Waals surface area contributed by atoms with Gasteiger partial charge in [0.15, 0.2) is 19.0 Å². The fourth-order valence-electron chi connectivity index (χ4n) is 1.48. The maximum absolute atomic E-state index is 11.5. The Labute approximate surface area is 128 Å². The molecular weight excluding hydrogens is 290 g/mol. The molecule has 1 aromatic rings. The summed E-state index contributed by atoms with van der Waals surface area (Å²) in [5.41, 5.74) is 0.489. The van der Waals surface area contributed by atoms with E-state index in [1.54, 1.807) is 18.2 Å². The largest absolute Gasteiger partial charge is 0.482 e. The summed E-state index contributed by atoms with van der Waals surface area (Å²) >= 11 is 0. The number of hydrogen-bond donors (Lipinski definition) is 1. The highest BCUT2D eigenvalue weighted by Crippen LogP contribution is 2.13. The van der Waals surface area contributed by atoms with Crippen molar-refractivity contribution in [3.05, 3.63) is 29.8 Å². The molecule has 0 heterocycles. The third-order valence-corrected chi connectivity index (χ3v) is 2.59. The van der Waals surface area contributed by atoms with E-state index in [1.165, 1.54) is 20.1 Å². The van der Waals surface area contributed by atoms with Gasteiger partial charge in [0.1, 0.15) is 5.75 Å². The Morgan fingerprint density at radius 1 is 1.18 bits per heavy atom. The maximum atomic E-state index is 11.5. The van der Waals surface area contributed by atoms with Crippen LogP contribution in [0.25, 0.3) is 0 Å². The molecular formula is C15H19NO6. The number of carbonyl (C=O) groups excluding carboxylic acids is 3. The highest BCUT2D eigenvalue weighted by molar-refractivity contribution is 5.94. The molecule has 0 bridgehead atoms. The van der Waals surface area contributed by atoms with Crippen LogP contribution in [-0.2, 0) is 19.1 Å². The van der Waals surface area contributed by atoms with Crippen molar-refractivity contribution >= 4 is 17.7 Å². The van der Waals surface area contributed by atoms with Crippen LogP contribution in [0.1, 0.15) is 17.3 Å². The van der Waals surface area contributed by atoms with Gasteiger partial charge < -0.3 is 19.5 Å². The third kappa shape index (κ3) is 6.85. The Hall–Kier alpha value is -2.41. The number of methoxy groups -OCH3 is 1.